The first-order valence-electron chi connectivity index (χ1n) is 9.45. The zero-order valence-electron chi connectivity index (χ0n) is 16.3. The number of para-hydroxylation sites is 1. The van der Waals surface area contributed by atoms with Gasteiger partial charge in [0.15, 0.2) is 0 Å². The van der Waals surface area contributed by atoms with Gasteiger partial charge in [-0.15, -0.1) is 0 Å². The van der Waals surface area contributed by atoms with Crippen molar-refractivity contribution in [2.24, 2.45) is 0 Å². The molecule has 1 N–H and O–H groups in total. The largest absolute Gasteiger partial charge is 0.385 e. The number of carbonyl (C=O) groups is 2. The fraction of sp³-hybridized carbons (Fsp3) is 0.182. The van der Waals surface area contributed by atoms with Crippen LogP contribution < -0.4 is 10.2 Å². The molecule has 2 amide bonds. The molecule has 0 saturated carbocycles. The van der Waals surface area contributed by atoms with E-state index in [0.717, 1.165) is 4.90 Å². The minimum absolute atomic E-state index is 0.137. The molecule has 152 valence electrons. The third-order valence-electron chi connectivity index (χ3n) is 5.05. The predicted molar refractivity (Wildman–Crippen MR) is 113 cm³/mol. The summed E-state index contributed by atoms with van der Waals surface area (Å²) < 4.78 is 5.02. The standard InChI is InChI=1S/C22H19N3O5/c1-30-12-6-11-23-20-15-9-5-10-16-19(15)17(13-18(20)25(28)29)22(27)24(21(16)26)14-7-3-2-4-8-14/h2-5,7-10,13,23H,6,11-12H2,1H3. The number of rotatable bonds is 7. The van der Waals surface area contributed by atoms with Gasteiger partial charge in [0.05, 0.1) is 16.2 Å². The molecule has 1 aliphatic rings. The van der Waals surface area contributed by atoms with Crippen LogP contribution in [-0.2, 0) is 4.74 Å². The summed E-state index contributed by atoms with van der Waals surface area (Å²) in [6.45, 7) is 0.955. The van der Waals surface area contributed by atoms with Gasteiger partial charge in [0.2, 0.25) is 0 Å². The molecule has 1 aliphatic heterocycles. The highest BCUT2D eigenvalue weighted by Crippen LogP contribution is 2.41. The number of hydrogen-bond donors (Lipinski definition) is 1. The van der Waals surface area contributed by atoms with Gasteiger partial charge in [0.1, 0.15) is 5.69 Å². The SMILES string of the molecule is COCCCNc1c([N+](=O)[O-])cc2c3c(cccc13)C(=O)N(c1ccccc1)C2=O. The van der Waals surface area contributed by atoms with Crippen molar-refractivity contribution < 1.29 is 19.2 Å². The molecule has 1 heterocycles. The molecule has 0 atom stereocenters. The Hall–Kier alpha value is -3.78. The van der Waals surface area contributed by atoms with Gasteiger partial charge in [0.25, 0.3) is 17.5 Å². The topological polar surface area (TPSA) is 102 Å². The van der Waals surface area contributed by atoms with Crippen molar-refractivity contribution in [1.82, 2.24) is 0 Å². The van der Waals surface area contributed by atoms with Crippen LogP contribution in [0.3, 0.4) is 0 Å². The molecule has 3 aromatic carbocycles. The van der Waals surface area contributed by atoms with E-state index in [2.05, 4.69) is 5.32 Å². The van der Waals surface area contributed by atoms with Gasteiger partial charge < -0.3 is 10.1 Å². The number of amides is 2. The van der Waals surface area contributed by atoms with Crippen LogP contribution in [0.25, 0.3) is 10.8 Å². The smallest absolute Gasteiger partial charge is 0.293 e. The van der Waals surface area contributed by atoms with E-state index in [1.54, 1.807) is 55.6 Å². The lowest BCUT2D eigenvalue weighted by molar-refractivity contribution is -0.383. The molecule has 0 radical (unpaired) electrons. The van der Waals surface area contributed by atoms with E-state index in [4.69, 9.17) is 4.74 Å². The molecular weight excluding hydrogens is 386 g/mol. The van der Waals surface area contributed by atoms with Gasteiger partial charge in [-0.2, -0.15) is 0 Å². The van der Waals surface area contributed by atoms with Gasteiger partial charge in [-0.25, -0.2) is 4.90 Å². The predicted octanol–water partition coefficient (Wildman–Crippen LogP) is 4.00. The number of ether oxygens (including phenoxy) is 1. The first kappa shape index (κ1) is 19.5. The normalized spacial score (nSPS) is 13.0. The second-order valence-corrected chi connectivity index (χ2v) is 6.86. The number of nitro groups is 1. The van der Waals surface area contributed by atoms with Gasteiger partial charge in [-0.3, -0.25) is 19.7 Å². The number of nitrogens with one attached hydrogen (secondary N) is 1. The number of benzene rings is 3. The Balaban J connectivity index is 1.91. The Bertz CT molecular complexity index is 1160. The molecular formula is C22H19N3O5. The molecule has 0 aliphatic carbocycles. The third-order valence-corrected chi connectivity index (χ3v) is 5.05. The van der Waals surface area contributed by atoms with Crippen LogP contribution in [-0.4, -0.2) is 37.0 Å². The van der Waals surface area contributed by atoms with Crippen molar-refractivity contribution in [3.8, 4) is 0 Å². The Kier molecular flexibility index (Phi) is 5.16. The van der Waals surface area contributed by atoms with E-state index in [1.807, 2.05) is 0 Å². The molecule has 0 saturated heterocycles. The summed E-state index contributed by atoms with van der Waals surface area (Å²) in [6, 6.07) is 14.8. The monoisotopic (exact) mass is 405 g/mol. The average molecular weight is 405 g/mol. The summed E-state index contributed by atoms with van der Waals surface area (Å²) in [6.07, 6.45) is 0.649. The highest BCUT2D eigenvalue weighted by atomic mass is 16.6. The van der Waals surface area contributed by atoms with Crippen molar-refractivity contribution in [2.75, 3.05) is 30.5 Å². The van der Waals surface area contributed by atoms with E-state index >= 15 is 0 Å². The van der Waals surface area contributed by atoms with Crippen LogP contribution in [0.4, 0.5) is 17.1 Å². The van der Waals surface area contributed by atoms with Crippen LogP contribution in [0.1, 0.15) is 27.1 Å². The van der Waals surface area contributed by atoms with E-state index in [0.29, 0.717) is 47.3 Å². The maximum atomic E-state index is 13.2. The second-order valence-electron chi connectivity index (χ2n) is 6.86. The zero-order chi connectivity index (χ0) is 21.3. The van der Waals surface area contributed by atoms with Crippen LogP contribution in [0.2, 0.25) is 0 Å². The molecule has 8 nitrogen and oxygen atoms in total. The lowest BCUT2D eigenvalue weighted by atomic mass is 9.91. The number of nitrogens with zero attached hydrogens (tertiary/aromatic N) is 2. The second kappa shape index (κ2) is 7.92. The van der Waals surface area contributed by atoms with Crippen LogP contribution in [0.15, 0.2) is 54.6 Å². The molecule has 0 bridgehead atoms. The number of carbonyl (C=O) groups excluding carboxylic acids is 2. The van der Waals surface area contributed by atoms with E-state index in [-0.39, 0.29) is 11.3 Å². The summed E-state index contributed by atoms with van der Waals surface area (Å²) in [5, 5.41) is 15.8. The minimum Gasteiger partial charge on any atom is -0.385 e. The molecule has 0 fully saturated rings. The fourth-order valence-electron chi connectivity index (χ4n) is 3.72. The highest BCUT2D eigenvalue weighted by Gasteiger charge is 2.36. The summed E-state index contributed by atoms with van der Waals surface area (Å²) in [7, 11) is 1.58. The minimum atomic E-state index is -0.580. The molecule has 8 heteroatoms. The first-order valence-corrected chi connectivity index (χ1v) is 9.45. The number of hydrogen-bond acceptors (Lipinski definition) is 6. The molecule has 0 aromatic heterocycles. The van der Waals surface area contributed by atoms with Crippen LogP contribution in [0, 0.1) is 10.1 Å². The van der Waals surface area contributed by atoms with Crippen molar-refractivity contribution in [2.45, 2.75) is 6.42 Å². The molecule has 4 rings (SSSR count). The number of anilines is 2. The number of imide groups is 1. The van der Waals surface area contributed by atoms with Crippen LogP contribution in [0.5, 0.6) is 0 Å². The molecule has 0 unspecified atom stereocenters. The van der Waals surface area contributed by atoms with E-state index in [1.165, 1.54) is 6.07 Å². The first-order chi connectivity index (χ1) is 14.5. The Morgan fingerprint density at radius 1 is 1.03 bits per heavy atom. The molecule has 3 aromatic rings. The summed E-state index contributed by atoms with van der Waals surface area (Å²) >= 11 is 0. The van der Waals surface area contributed by atoms with Crippen molar-refractivity contribution in [1.29, 1.82) is 0 Å². The lowest BCUT2D eigenvalue weighted by Crippen LogP contribution is -2.40. The number of nitro benzene ring substituents is 1. The Morgan fingerprint density at radius 3 is 2.47 bits per heavy atom. The highest BCUT2D eigenvalue weighted by molar-refractivity contribution is 6.36. The quantitative estimate of drug-likeness (QED) is 0.276. The Morgan fingerprint density at radius 2 is 1.77 bits per heavy atom. The number of methoxy groups -OCH3 is 1. The van der Waals surface area contributed by atoms with Crippen molar-refractivity contribution in [3.05, 3.63) is 75.8 Å². The van der Waals surface area contributed by atoms with Crippen LogP contribution >= 0.6 is 0 Å². The summed E-state index contributed by atoms with van der Waals surface area (Å²) in [5.74, 6) is -1.03. The van der Waals surface area contributed by atoms with Gasteiger partial charge in [-0.05, 0) is 24.6 Å². The molecule has 0 spiro atoms. The maximum Gasteiger partial charge on any atom is 0.293 e. The lowest BCUT2D eigenvalue weighted by Gasteiger charge is -2.27. The molecule has 30 heavy (non-hydrogen) atoms. The summed E-state index contributed by atoms with van der Waals surface area (Å²) in [4.78, 5) is 38.8. The van der Waals surface area contributed by atoms with Crippen molar-refractivity contribution >= 4 is 39.6 Å². The van der Waals surface area contributed by atoms with E-state index < -0.39 is 16.7 Å². The Labute approximate surface area is 172 Å². The van der Waals surface area contributed by atoms with E-state index in [9.17, 15) is 19.7 Å². The van der Waals surface area contributed by atoms with Crippen molar-refractivity contribution in [3.63, 3.8) is 0 Å². The van der Waals surface area contributed by atoms with Gasteiger partial charge in [0, 0.05) is 42.7 Å². The average Bonchev–Trinajstić information content (AvgIpc) is 2.75. The third kappa shape index (κ3) is 3.17. The van der Waals surface area contributed by atoms with Gasteiger partial charge in [-0.1, -0.05) is 30.3 Å². The zero-order valence-corrected chi connectivity index (χ0v) is 16.3. The maximum absolute atomic E-state index is 13.2. The summed E-state index contributed by atoms with van der Waals surface area (Å²) in [5.41, 5.74) is 0.979. The van der Waals surface area contributed by atoms with Gasteiger partial charge >= 0.3 is 0 Å². The fourth-order valence-corrected chi connectivity index (χ4v) is 3.72.